The molecule has 0 aromatic heterocycles. The lowest BCUT2D eigenvalue weighted by Gasteiger charge is -2.23. The summed E-state index contributed by atoms with van der Waals surface area (Å²) in [6.07, 6.45) is 0.432. The van der Waals surface area contributed by atoms with E-state index in [1.165, 1.54) is 0 Å². The molecule has 0 aromatic rings. The molecule has 0 rings (SSSR count). The number of hydrogen-bond donors (Lipinski definition) is 0. The van der Waals surface area contributed by atoms with Crippen molar-refractivity contribution in [3.8, 4) is 0 Å². The van der Waals surface area contributed by atoms with E-state index in [4.69, 9.17) is 4.74 Å². The summed E-state index contributed by atoms with van der Waals surface area (Å²) < 4.78 is 5.12. The van der Waals surface area contributed by atoms with Crippen LogP contribution in [0.4, 0.5) is 0 Å². The number of likely N-dealkylation sites (N-methyl/N-ethyl adjacent to an activating group) is 1. The van der Waals surface area contributed by atoms with Crippen LogP contribution in [0.25, 0.3) is 0 Å². The fraction of sp³-hybridized carbons (Fsp3) is 0.867. The molecule has 0 saturated carbocycles. The molecule has 0 aliphatic rings. The first-order valence-corrected chi connectivity index (χ1v) is 6.91. The molecule has 0 aliphatic carbocycles. The van der Waals surface area contributed by atoms with E-state index >= 15 is 0 Å². The van der Waals surface area contributed by atoms with Crippen LogP contribution in [-0.4, -0.2) is 57.3 Å². The van der Waals surface area contributed by atoms with Gasteiger partial charge in [-0.1, -0.05) is 27.7 Å². The third kappa shape index (κ3) is 7.43. The summed E-state index contributed by atoms with van der Waals surface area (Å²) in [6, 6.07) is 0. The number of Topliss-reactive ketones (excluding diaryl/α,β-unsaturated/α-hetero) is 1. The second kappa shape index (κ2) is 8.43. The fourth-order valence-corrected chi connectivity index (χ4v) is 1.68. The van der Waals surface area contributed by atoms with Crippen LogP contribution in [0.5, 0.6) is 0 Å². The van der Waals surface area contributed by atoms with Gasteiger partial charge in [0.1, 0.15) is 5.78 Å². The Morgan fingerprint density at radius 2 is 1.89 bits per heavy atom. The van der Waals surface area contributed by atoms with Gasteiger partial charge in [-0.05, 0) is 20.0 Å². The van der Waals surface area contributed by atoms with E-state index in [-0.39, 0.29) is 5.78 Å². The van der Waals surface area contributed by atoms with Crippen molar-refractivity contribution in [2.24, 2.45) is 16.3 Å². The second-order valence-electron chi connectivity index (χ2n) is 6.25. The zero-order valence-corrected chi connectivity index (χ0v) is 13.6. The molecule has 0 heterocycles. The van der Waals surface area contributed by atoms with Crippen molar-refractivity contribution in [3.63, 3.8) is 0 Å². The number of ether oxygens (including phenoxy) is 1. The third-order valence-corrected chi connectivity index (χ3v) is 3.13. The Kier molecular flexibility index (Phi) is 8.11. The van der Waals surface area contributed by atoms with Gasteiger partial charge in [0.2, 0.25) is 0 Å². The van der Waals surface area contributed by atoms with Crippen molar-refractivity contribution >= 4 is 11.5 Å². The Balaban J connectivity index is 4.63. The van der Waals surface area contributed by atoms with Gasteiger partial charge in [-0.2, -0.15) is 0 Å². The molecule has 0 radical (unpaired) electrons. The van der Waals surface area contributed by atoms with Crippen LogP contribution < -0.4 is 0 Å². The zero-order chi connectivity index (χ0) is 15.1. The number of hydrogen-bond acceptors (Lipinski definition) is 4. The minimum Gasteiger partial charge on any atom is -0.384 e. The van der Waals surface area contributed by atoms with Crippen LogP contribution in [0.3, 0.4) is 0 Å². The van der Waals surface area contributed by atoms with Gasteiger partial charge in [0, 0.05) is 31.2 Å². The van der Waals surface area contributed by atoms with Crippen molar-refractivity contribution in [1.29, 1.82) is 0 Å². The van der Waals surface area contributed by atoms with E-state index in [0.29, 0.717) is 18.9 Å². The number of carbonyl (C=O) groups excluding carboxylic acids is 1. The number of rotatable bonds is 9. The van der Waals surface area contributed by atoms with Crippen LogP contribution >= 0.6 is 0 Å². The summed E-state index contributed by atoms with van der Waals surface area (Å²) in [7, 11) is 5.68. The van der Waals surface area contributed by atoms with Crippen LogP contribution in [0.15, 0.2) is 4.99 Å². The lowest BCUT2D eigenvalue weighted by molar-refractivity contribution is -0.128. The van der Waals surface area contributed by atoms with E-state index in [9.17, 15) is 4.79 Å². The standard InChI is InChI=1S/C15H30N2O2/c1-12(2)13(16-8-9-17(5)6)10-14(18)15(3,4)11-19-7/h12H,8-11H2,1-7H3. The maximum absolute atomic E-state index is 12.3. The normalized spacial score (nSPS) is 13.4. The van der Waals surface area contributed by atoms with Crippen LogP contribution in [0, 0.1) is 11.3 Å². The van der Waals surface area contributed by atoms with Gasteiger partial charge < -0.3 is 9.64 Å². The molecule has 0 spiro atoms. The Hall–Kier alpha value is -0.740. The van der Waals surface area contributed by atoms with E-state index < -0.39 is 5.41 Å². The summed E-state index contributed by atoms with van der Waals surface area (Å²) >= 11 is 0. The molecule has 0 unspecified atom stereocenters. The second-order valence-corrected chi connectivity index (χ2v) is 6.25. The summed E-state index contributed by atoms with van der Waals surface area (Å²) in [6.45, 7) is 10.1. The first-order chi connectivity index (χ1) is 8.70. The molecular formula is C15H30N2O2. The summed E-state index contributed by atoms with van der Waals surface area (Å²) in [5.41, 5.74) is 0.558. The van der Waals surface area contributed by atoms with E-state index in [2.05, 4.69) is 23.7 Å². The van der Waals surface area contributed by atoms with Crippen LogP contribution in [0.1, 0.15) is 34.1 Å². The smallest absolute Gasteiger partial charge is 0.146 e. The zero-order valence-electron chi connectivity index (χ0n) is 13.6. The predicted octanol–water partition coefficient (Wildman–Crippen LogP) is 2.28. The van der Waals surface area contributed by atoms with E-state index in [1.807, 2.05) is 27.9 Å². The average Bonchev–Trinajstić information content (AvgIpc) is 2.26. The maximum atomic E-state index is 12.3. The molecule has 0 fully saturated rings. The monoisotopic (exact) mass is 270 g/mol. The van der Waals surface area contributed by atoms with Crippen LogP contribution in [-0.2, 0) is 9.53 Å². The third-order valence-electron chi connectivity index (χ3n) is 3.13. The number of aliphatic imine (C=N–C) groups is 1. The minimum absolute atomic E-state index is 0.201. The van der Waals surface area contributed by atoms with Crippen molar-refractivity contribution in [3.05, 3.63) is 0 Å². The topological polar surface area (TPSA) is 41.9 Å². The predicted molar refractivity (Wildman–Crippen MR) is 81.0 cm³/mol. The summed E-state index contributed by atoms with van der Waals surface area (Å²) in [4.78, 5) is 19.0. The number of methoxy groups -OCH3 is 1. The van der Waals surface area contributed by atoms with Crippen molar-refractivity contribution in [1.82, 2.24) is 4.90 Å². The van der Waals surface area contributed by atoms with Gasteiger partial charge in [0.25, 0.3) is 0 Å². The molecule has 4 heteroatoms. The molecule has 0 bridgehead atoms. The SMILES string of the molecule is COCC(C)(C)C(=O)CC(=NCCN(C)C)C(C)C. The largest absolute Gasteiger partial charge is 0.384 e. The Morgan fingerprint density at radius 3 is 2.32 bits per heavy atom. The Labute approximate surface area is 118 Å². The van der Waals surface area contributed by atoms with Crippen molar-refractivity contribution in [2.75, 3.05) is 40.9 Å². The molecular weight excluding hydrogens is 240 g/mol. The first kappa shape index (κ1) is 18.3. The van der Waals surface area contributed by atoms with E-state index in [1.54, 1.807) is 7.11 Å². The lowest BCUT2D eigenvalue weighted by Crippen LogP contribution is -2.32. The molecule has 0 saturated heterocycles. The highest BCUT2D eigenvalue weighted by molar-refractivity contribution is 6.04. The quantitative estimate of drug-likeness (QED) is 0.604. The molecule has 0 aromatic carbocycles. The number of nitrogens with zero attached hydrogens (tertiary/aromatic N) is 2. The minimum atomic E-state index is -0.439. The van der Waals surface area contributed by atoms with Crippen LogP contribution in [0.2, 0.25) is 0 Å². The van der Waals surface area contributed by atoms with Gasteiger partial charge in [-0.15, -0.1) is 0 Å². The average molecular weight is 270 g/mol. The van der Waals surface area contributed by atoms with E-state index in [0.717, 1.165) is 18.8 Å². The molecule has 0 amide bonds. The number of ketones is 1. The van der Waals surface area contributed by atoms with Crippen molar-refractivity contribution in [2.45, 2.75) is 34.1 Å². The summed E-state index contributed by atoms with van der Waals surface area (Å²) in [5.74, 6) is 0.510. The van der Waals surface area contributed by atoms with Gasteiger partial charge in [0.15, 0.2) is 0 Å². The lowest BCUT2D eigenvalue weighted by atomic mass is 9.84. The Bertz CT molecular complexity index is 307. The Morgan fingerprint density at radius 1 is 1.32 bits per heavy atom. The van der Waals surface area contributed by atoms with Gasteiger partial charge >= 0.3 is 0 Å². The summed E-state index contributed by atoms with van der Waals surface area (Å²) in [5, 5.41) is 0. The highest BCUT2D eigenvalue weighted by atomic mass is 16.5. The highest BCUT2D eigenvalue weighted by Gasteiger charge is 2.28. The number of carbonyl (C=O) groups is 1. The maximum Gasteiger partial charge on any atom is 0.146 e. The van der Waals surface area contributed by atoms with Gasteiger partial charge in [0.05, 0.1) is 13.2 Å². The van der Waals surface area contributed by atoms with Crippen molar-refractivity contribution < 1.29 is 9.53 Å². The molecule has 0 atom stereocenters. The highest BCUT2D eigenvalue weighted by Crippen LogP contribution is 2.20. The first-order valence-electron chi connectivity index (χ1n) is 6.91. The van der Waals surface area contributed by atoms with Gasteiger partial charge in [-0.25, -0.2) is 0 Å². The molecule has 4 nitrogen and oxygen atoms in total. The fourth-order valence-electron chi connectivity index (χ4n) is 1.68. The molecule has 0 aliphatic heterocycles. The molecule has 19 heavy (non-hydrogen) atoms. The van der Waals surface area contributed by atoms with Gasteiger partial charge in [-0.3, -0.25) is 9.79 Å². The molecule has 0 N–H and O–H groups in total. The molecule has 112 valence electrons.